The Labute approximate surface area is 156 Å². The van der Waals surface area contributed by atoms with Crippen LogP contribution in [0.1, 0.15) is 27.7 Å². The van der Waals surface area contributed by atoms with Crippen LogP contribution < -0.4 is 11.1 Å². The molecular weight excluding hydrogens is 385 g/mol. The Bertz CT molecular complexity index is 707. The van der Waals surface area contributed by atoms with E-state index in [-0.39, 0.29) is 0 Å². The van der Waals surface area contributed by atoms with Gasteiger partial charge in [-0.1, -0.05) is 16.8 Å². The fourth-order valence-corrected chi connectivity index (χ4v) is 3.56. The molecule has 0 aliphatic rings. The number of nitrogens with zero attached hydrogens (tertiary/aromatic N) is 1. The number of nitrogens with two attached hydrogens (primary N) is 1. The molecule has 1 aromatic rings. The third-order valence-electron chi connectivity index (χ3n) is 2.48. The summed E-state index contributed by atoms with van der Waals surface area (Å²) in [7, 11) is -4.19. The molecule has 2 amide bonds. The third kappa shape index (κ3) is 7.13. The van der Waals surface area contributed by atoms with E-state index < -0.39 is 37.3 Å². The van der Waals surface area contributed by atoms with Crippen LogP contribution in [0.3, 0.4) is 0 Å². The molecule has 1 rings (SSSR count). The molecule has 1 aromatic carbocycles. The average Bonchev–Trinajstić information content (AvgIpc) is 2.47. The molecule has 9 nitrogen and oxygen atoms in total. The highest BCUT2D eigenvalue weighted by Gasteiger charge is 2.39. The number of primary amides is 1. The number of anilines is 1. The smallest absolute Gasteiger partial charge is 0.364 e. The van der Waals surface area contributed by atoms with Gasteiger partial charge >= 0.3 is 13.7 Å². The molecule has 0 aromatic heterocycles. The highest BCUT2D eigenvalue weighted by atomic mass is 35.5. The molecule has 0 saturated carbocycles. The Morgan fingerprint density at radius 3 is 2.04 bits per heavy atom. The summed E-state index contributed by atoms with van der Waals surface area (Å²) >= 11 is 5.74. The van der Waals surface area contributed by atoms with Crippen molar-refractivity contribution in [3.63, 3.8) is 0 Å². The van der Waals surface area contributed by atoms with E-state index in [1.165, 1.54) is 12.1 Å². The lowest BCUT2D eigenvalue weighted by molar-refractivity contribution is -0.111. The Balaban J connectivity index is 2.98. The first kappa shape index (κ1) is 22.1. The highest BCUT2D eigenvalue weighted by molar-refractivity contribution is 7.75. The molecule has 0 bridgehead atoms. The Morgan fingerprint density at radius 1 is 1.12 bits per heavy atom. The number of hydrogen-bond donors (Lipinski definition) is 2. The van der Waals surface area contributed by atoms with E-state index in [0.29, 0.717) is 10.7 Å². The maximum Gasteiger partial charge on any atom is 0.437 e. The lowest BCUT2D eigenvalue weighted by Gasteiger charge is -2.21. The van der Waals surface area contributed by atoms with Crippen molar-refractivity contribution in [2.24, 2.45) is 10.9 Å². The summed E-state index contributed by atoms with van der Waals surface area (Å²) in [6.07, 6.45) is -2.16. The van der Waals surface area contributed by atoms with Crippen molar-refractivity contribution in [2.45, 2.75) is 39.9 Å². The van der Waals surface area contributed by atoms with Gasteiger partial charge < -0.3 is 14.8 Å². The van der Waals surface area contributed by atoms with Gasteiger partial charge in [0.05, 0.1) is 12.2 Å². The van der Waals surface area contributed by atoms with Gasteiger partial charge in [-0.2, -0.15) is 0 Å². The SMILES string of the molecule is CC(C)OP(=O)(OC(C)C)/C(=N/OC(=O)Nc1ccc(Cl)cc1)C(N)=O. The fourth-order valence-electron chi connectivity index (χ4n) is 1.67. The molecule has 0 aliphatic heterocycles. The molecule has 0 saturated heterocycles. The average molecular weight is 406 g/mol. The third-order valence-corrected chi connectivity index (χ3v) is 4.96. The van der Waals surface area contributed by atoms with Gasteiger partial charge in [-0.05, 0) is 52.0 Å². The highest BCUT2D eigenvalue weighted by Crippen LogP contribution is 2.52. The number of carbonyl (C=O) groups is 2. The Morgan fingerprint density at radius 2 is 1.62 bits per heavy atom. The maximum absolute atomic E-state index is 12.9. The summed E-state index contributed by atoms with van der Waals surface area (Å²) in [4.78, 5) is 28.0. The van der Waals surface area contributed by atoms with Crippen molar-refractivity contribution in [3.05, 3.63) is 29.3 Å². The monoisotopic (exact) mass is 405 g/mol. The first-order valence-corrected chi connectivity index (χ1v) is 9.54. The van der Waals surface area contributed by atoms with Crippen LogP contribution in [-0.4, -0.2) is 29.7 Å². The predicted molar refractivity (Wildman–Crippen MR) is 98.2 cm³/mol. The fraction of sp³-hybridized carbons (Fsp3) is 0.400. The van der Waals surface area contributed by atoms with Crippen LogP contribution in [-0.2, 0) is 23.2 Å². The number of amides is 2. The Kier molecular flexibility index (Phi) is 8.23. The number of oxime groups is 1. The second-order valence-electron chi connectivity index (χ2n) is 5.60. The van der Waals surface area contributed by atoms with Crippen molar-refractivity contribution in [2.75, 3.05) is 5.32 Å². The van der Waals surface area contributed by atoms with Crippen molar-refractivity contribution in [3.8, 4) is 0 Å². The molecule has 3 N–H and O–H groups in total. The normalized spacial score (nSPS) is 12.3. The molecule has 26 heavy (non-hydrogen) atoms. The van der Waals surface area contributed by atoms with E-state index in [0.717, 1.165) is 0 Å². The number of rotatable bonds is 8. The molecule has 0 unspecified atom stereocenters. The van der Waals surface area contributed by atoms with E-state index in [4.69, 9.17) is 26.4 Å². The van der Waals surface area contributed by atoms with Crippen LogP contribution in [0.5, 0.6) is 0 Å². The summed E-state index contributed by atoms with van der Waals surface area (Å²) in [5.41, 5.74) is 4.76. The summed E-state index contributed by atoms with van der Waals surface area (Å²) in [6, 6.07) is 6.15. The van der Waals surface area contributed by atoms with Crippen molar-refractivity contribution >= 4 is 42.3 Å². The zero-order chi connectivity index (χ0) is 19.9. The minimum Gasteiger partial charge on any atom is -0.364 e. The first-order chi connectivity index (χ1) is 12.0. The molecule has 0 radical (unpaired) electrons. The Hall–Kier alpha value is -1.93. The molecule has 0 atom stereocenters. The van der Waals surface area contributed by atoms with Gasteiger partial charge in [0, 0.05) is 10.7 Å². The molecule has 144 valence electrons. The lowest BCUT2D eigenvalue weighted by Crippen LogP contribution is -2.28. The number of halogens is 1. The molecule has 0 aliphatic carbocycles. The predicted octanol–water partition coefficient (Wildman–Crippen LogP) is 3.73. The molecule has 11 heteroatoms. The number of benzene rings is 1. The summed E-state index contributed by atoms with van der Waals surface area (Å²) in [5, 5.41) is 6.13. The largest absolute Gasteiger partial charge is 0.437 e. The molecular formula is C15H21ClN3O6P. The van der Waals surface area contributed by atoms with Crippen LogP contribution in [0, 0.1) is 0 Å². The second kappa shape index (κ2) is 9.68. The second-order valence-corrected chi connectivity index (χ2v) is 7.87. The van der Waals surface area contributed by atoms with Gasteiger partial charge in [0.25, 0.3) is 11.4 Å². The van der Waals surface area contributed by atoms with Crippen LogP contribution in [0.25, 0.3) is 0 Å². The van der Waals surface area contributed by atoms with Crippen LogP contribution in [0.2, 0.25) is 5.02 Å². The van der Waals surface area contributed by atoms with Crippen molar-refractivity contribution < 1.29 is 28.0 Å². The summed E-state index contributed by atoms with van der Waals surface area (Å²) < 4.78 is 23.3. The van der Waals surface area contributed by atoms with Crippen molar-refractivity contribution in [1.82, 2.24) is 0 Å². The van der Waals surface area contributed by atoms with E-state index >= 15 is 0 Å². The van der Waals surface area contributed by atoms with Gasteiger partial charge in [-0.3, -0.25) is 19.5 Å². The first-order valence-electron chi connectivity index (χ1n) is 7.62. The number of hydrogen-bond acceptors (Lipinski definition) is 7. The number of carbonyl (C=O) groups excluding carboxylic acids is 2. The molecule has 0 spiro atoms. The van der Waals surface area contributed by atoms with Gasteiger partial charge in [0.2, 0.25) is 0 Å². The zero-order valence-electron chi connectivity index (χ0n) is 14.8. The standard InChI is InChI=1S/C15H21ClN3O6P/c1-9(2)24-26(22,25-10(3)4)14(13(17)20)19-23-15(21)18-12-7-5-11(16)6-8-12/h5-10H,1-4H3,(H2,17,20)(H,18,21)/b19-14+. The molecule has 0 heterocycles. The van der Waals surface area contributed by atoms with E-state index in [9.17, 15) is 14.2 Å². The van der Waals surface area contributed by atoms with E-state index in [2.05, 4.69) is 15.3 Å². The van der Waals surface area contributed by atoms with Gasteiger partial charge in [-0.15, -0.1) is 0 Å². The van der Waals surface area contributed by atoms with Gasteiger partial charge in [0.1, 0.15) is 0 Å². The van der Waals surface area contributed by atoms with Crippen LogP contribution in [0.15, 0.2) is 29.4 Å². The summed E-state index contributed by atoms with van der Waals surface area (Å²) in [6.45, 7) is 6.35. The minimum atomic E-state index is -4.19. The lowest BCUT2D eigenvalue weighted by atomic mass is 10.3. The van der Waals surface area contributed by atoms with Crippen LogP contribution >= 0.6 is 19.2 Å². The number of nitrogens with one attached hydrogen (secondary N) is 1. The van der Waals surface area contributed by atoms with E-state index in [1.807, 2.05) is 0 Å². The van der Waals surface area contributed by atoms with Gasteiger partial charge in [-0.25, -0.2) is 4.79 Å². The van der Waals surface area contributed by atoms with Crippen molar-refractivity contribution in [1.29, 1.82) is 0 Å². The minimum absolute atomic E-state index is 0.371. The van der Waals surface area contributed by atoms with Crippen LogP contribution in [0.4, 0.5) is 10.5 Å². The maximum atomic E-state index is 12.9. The quantitative estimate of drug-likeness (QED) is 0.293. The van der Waals surface area contributed by atoms with Gasteiger partial charge in [0.15, 0.2) is 0 Å². The summed E-state index contributed by atoms with van der Waals surface area (Å²) in [5.74, 6) is -1.20. The zero-order valence-corrected chi connectivity index (χ0v) is 16.4. The molecule has 0 fully saturated rings. The van der Waals surface area contributed by atoms with E-state index in [1.54, 1.807) is 39.8 Å². The topological polar surface area (TPSA) is 129 Å².